The van der Waals surface area contributed by atoms with Crippen LogP contribution in [0.3, 0.4) is 0 Å². The Morgan fingerprint density at radius 1 is 1.12 bits per heavy atom. The summed E-state index contributed by atoms with van der Waals surface area (Å²) in [6.45, 7) is 10.9. The summed E-state index contributed by atoms with van der Waals surface area (Å²) in [5, 5.41) is 6.57. The Morgan fingerprint density at radius 3 is 2.20 bits per heavy atom. The molecule has 0 atom stereocenters. The van der Waals surface area contributed by atoms with E-state index >= 15 is 0 Å². The fourth-order valence-corrected chi connectivity index (χ4v) is 4.06. The molecule has 2 rings (SSSR count). The summed E-state index contributed by atoms with van der Waals surface area (Å²) in [5.41, 5.74) is 1.26. The van der Waals surface area contributed by atoms with Crippen LogP contribution in [0, 0.1) is 5.92 Å². The van der Waals surface area contributed by atoms with Gasteiger partial charge in [0.2, 0.25) is 5.91 Å². The third kappa shape index (κ3) is 5.85. The summed E-state index contributed by atoms with van der Waals surface area (Å²) in [4.78, 5) is 24.0. The molecule has 0 unspecified atom stereocenters. The molecular formula is C20H30N2O3. The van der Waals surface area contributed by atoms with Gasteiger partial charge in [0.1, 0.15) is 0 Å². The fourth-order valence-electron chi connectivity index (χ4n) is 4.06. The number of ether oxygens (including phenoxy) is 1. The normalized spacial score (nSPS) is 19.2. The Morgan fingerprint density at radius 2 is 1.68 bits per heavy atom. The lowest BCUT2D eigenvalue weighted by Crippen LogP contribution is -2.58. The lowest BCUT2D eigenvalue weighted by molar-refractivity contribution is -0.117. The Bertz CT molecular complexity index is 604. The maximum absolute atomic E-state index is 12.4. The topological polar surface area (TPSA) is 67.4 Å². The number of amides is 1. The van der Waals surface area contributed by atoms with Crippen molar-refractivity contribution in [3.63, 3.8) is 0 Å². The van der Waals surface area contributed by atoms with E-state index in [1.807, 2.05) is 0 Å². The highest BCUT2D eigenvalue weighted by Crippen LogP contribution is 2.34. The van der Waals surface area contributed by atoms with E-state index in [1.165, 1.54) is 0 Å². The monoisotopic (exact) mass is 346 g/mol. The quantitative estimate of drug-likeness (QED) is 0.797. The van der Waals surface area contributed by atoms with Crippen LogP contribution in [0.15, 0.2) is 24.3 Å². The zero-order chi connectivity index (χ0) is 18.7. The molecule has 0 radical (unpaired) electrons. The van der Waals surface area contributed by atoms with Crippen LogP contribution in [0.25, 0.3) is 0 Å². The molecule has 1 aliphatic heterocycles. The van der Waals surface area contributed by atoms with Crippen LogP contribution >= 0.6 is 0 Å². The third-order valence-electron chi connectivity index (χ3n) is 4.43. The Kier molecular flexibility index (Phi) is 5.88. The fraction of sp³-hybridized carbons (Fsp3) is 0.600. The predicted octanol–water partition coefficient (Wildman–Crippen LogP) is 3.75. The van der Waals surface area contributed by atoms with E-state index in [0.29, 0.717) is 30.2 Å². The van der Waals surface area contributed by atoms with Crippen LogP contribution in [0.5, 0.6) is 0 Å². The van der Waals surface area contributed by atoms with Crippen molar-refractivity contribution in [2.45, 2.75) is 65.0 Å². The number of anilines is 1. The molecule has 1 fully saturated rings. The molecule has 1 aliphatic rings. The van der Waals surface area contributed by atoms with Crippen LogP contribution in [-0.4, -0.2) is 29.6 Å². The molecule has 0 spiro atoms. The van der Waals surface area contributed by atoms with E-state index in [4.69, 9.17) is 4.74 Å². The van der Waals surface area contributed by atoms with Gasteiger partial charge in [-0.1, -0.05) is 0 Å². The number of esters is 1. The lowest BCUT2D eigenvalue weighted by atomic mass is 9.74. The smallest absolute Gasteiger partial charge is 0.338 e. The summed E-state index contributed by atoms with van der Waals surface area (Å²) in [6, 6.07) is 6.82. The van der Waals surface area contributed by atoms with Crippen LogP contribution in [0.2, 0.25) is 0 Å². The summed E-state index contributed by atoms with van der Waals surface area (Å²) >= 11 is 0. The Balaban J connectivity index is 1.93. The summed E-state index contributed by atoms with van der Waals surface area (Å²) in [5.74, 6) is 0.0204. The number of hydrogen-bond acceptors (Lipinski definition) is 4. The molecule has 0 aromatic heterocycles. The molecule has 1 aromatic carbocycles. The molecule has 0 aliphatic carbocycles. The minimum absolute atomic E-state index is 0.0161. The number of carbonyl (C=O) groups is 2. The average molecular weight is 346 g/mol. The standard InChI is InChI=1S/C20H30N2O3/c1-6-25-18(24)15-7-9-16(10-8-15)21-17(23)11-14-12-19(2,3)22-20(4,5)13-14/h7-10,14,22H,6,11-13H2,1-5H3,(H,21,23). The van der Waals surface area contributed by atoms with Crippen LogP contribution < -0.4 is 10.6 Å². The van der Waals surface area contributed by atoms with Crippen molar-refractivity contribution in [3.8, 4) is 0 Å². The van der Waals surface area contributed by atoms with Crippen molar-refractivity contribution < 1.29 is 14.3 Å². The molecule has 5 heteroatoms. The van der Waals surface area contributed by atoms with Gasteiger partial charge in [-0.05, 0) is 77.6 Å². The highest BCUT2D eigenvalue weighted by Gasteiger charge is 2.38. The average Bonchev–Trinajstić information content (AvgIpc) is 2.44. The van der Waals surface area contributed by atoms with Crippen molar-refractivity contribution in [2.75, 3.05) is 11.9 Å². The van der Waals surface area contributed by atoms with Gasteiger partial charge in [0.05, 0.1) is 12.2 Å². The predicted molar refractivity (Wildman–Crippen MR) is 99.7 cm³/mol. The van der Waals surface area contributed by atoms with E-state index in [1.54, 1.807) is 31.2 Å². The Hall–Kier alpha value is -1.88. The van der Waals surface area contributed by atoms with Gasteiger partial charge in [-0.3, -0.25) is 4.79 Å². The zero-order valence-electron chi connectivity index (χ0n) is 15.9. The maximum atomic E-state index is 12.4. The van der Waals surface area contributed by atoms with E-state index in [-0.39, 0.29) is 23.0 Å². The van der Waals surface area contributed by atoms with E-state index < -0.39 is 0 Å². The van der Waals surface area contributed by atoms with Crippen molar-refractivity contribution in [2.24, 2.45) is 5.92 Å². The number of benzene rings is 1. The maximum Gasteiger partial charge on any atom is 0.338 e. The number of nitrogens with one attached hydrogen (secondary N) is 2. The second kappa shape index (κ2) is 7.56. The first-order chi connectivity index (χ1) is 11.6. The minimum Gasteiger partial charge on any atom is -0.462 e. The summed E-state index contributed by atoms with van der Waals surface area (Å²) in [6.07, 6.45) is 2.46. The van der Waals surface area contributed by atoms with Gasteiger partial charge >= 0.3 is 5.97 Å². The molecule has 0 bridgehead atoms. The van der Waals surface area contributed by atoms with E-state index in [9.17, 15) is 9.59 Å². The molecule has 138 valence electrons. The van der Waals surface area contributed by atoms with Crippen LogP contribution in [-0.2, 0) is 9.53 Å². The summed E-state index contributed by atoms with van der Waals surface area (Å²) in [7, 11) is 0. The van der Waals surface area contributed by atoms with Crippen molar-refractivity contribution in [3.05, 3.63) is 29.8 Å². The first kappa shape index (κ1) is 19.4. The SMILES string of the molecule is CCOC(=O)c1ccc(NC(=O)CC2CC(C)(C)NC(C)(C)C2)cc1. The minimum atomic E-state index is -0.348. The summed E-state index contributed by atoms with van der Waals surface area (Å²) < 4.78 is 4.96. The molecule has 1 amide bonds. The molecule has 25 heavy (non-hydrogen) atoms. The van der Waals surface area contributed by atoms with Crippen LogP contribution in [0.1, 0.15) is 64.2 Å². The van der Waals surface area contributed by atoms with Gasteiger partial charge in [0.25, 0.3) is 0 Å². The van der Waals surface area contributed by atoms with Crippen molar-refractivity contribution >= 4 is 17.6 Å². The molecule has 1 saturated heterocycles. The van der Waals surface area contributed by atoms with Gasteiger partial charge in [0, 0.05) is 23.2 Å². The van der Waals surface area contributed by atoms with E-state index in [2.05, 4.69) is 38.3 Å². The van der Waals surface area contributed by atoms with Crippen LogP contribution in [0.4, 0.5) is 5.69 Å². The van der Waals surface area contributed by atoms with Gasteiger partial charge in [-0.2, -0.15) is 0 Å². The molecular weight excluding hydrogens is 316 g/mol. The first-order valence-electron chi connectivity index (χ1n) is 8.96. The number of rotatable bonds is 5. The molecule has 1 aromatic rings. The largest absolute Gasteiger partial charge is 0.462 e. The highest BCUT2D eigenvalue weighted by atomic mass is 16.5. The van der Waals surface area contributed by atoms with Gasteiger partial charge in [-0.25, -0.2) is 4.79 Å². The van der Waals surface area contributed by atoms with Gasteiger partial charge < -0.3 is 15.4 Å². The Labute approximate surface area is 150 Å². The molecule has 0 saturated carbocycles. The first-order valence-corrected chi connectivity index (χ1v) is 8.96. The number of piperidine rings is 1. The molecule has 2 N–H and O–H groups in total. The van der Waals surface area contributed by atoms with Crippen molar-refractivity contribution in [1.29, 1.82) is 0 Å². The van der Waals surface area contributed by atoms with Crippen molar-refractivity contribution in [1.82, 2.24) is 5.32 Å². The second-order valence-corrected chi connectivity index (χ2v) is 8.22. The molecule has 5 nitrogen and oxygen atoms in total. The lowest BCUT2D eigenvalue weighted by Gasteiger charge is -2.46. The zero-order valence-corrected chi connectivity index (χ0v) is 15.9. The highest BCUT2D eigenvalue weighted by molar-refractivity contribution is 5.93. The molecule has 1 heterocycles. The second-order valence-electron chi connectivity index (χ2n) is 8.22. The van der Waals surface area contributed by atoms with Gasteiger partial charge in [-0.15, -0.1) is 0 Å². The number of carbonyl (C=O) groups excluding carboxylic acids is 2. The van der Waals surface area contributed by atoms with E-state index in [0.717, 1.165) is 12.8 Å². The number of hydrogen-bond donors (Lipinski definition) is 2. The third-order valence-corrected chi connectivity index (χ3v) is 4.43. The van der Waals surface area contributed by atoms with Gasteiger partial charge in [0.15, 0.2) is 0 Å².